The third kappa shape index (κ3) is 2.59. The molecule has 3 aromatic rings. The Bertz CT molecular complexity index is 1100. The average Bonchev–Trinajstić information content (AvgIpc) is 3.09. The number of methoxy groups -OCH3 is 2. The average molecular weight is 368 g/mol. The van der Waals surface area contributed by atoms with Crippen LogP contribution in [0.2, 0.25) is 0 Å². The van der Waals surface area contributed by atoms with Crippen LogP contribution in [0.5, 0.6) is 17.2 Å². The fourth-order valence-electron chi connectivity index (χ4n) is 3.41. The van der Waals surface area contributed by atoms with Gasteiger partial charge in [0.1, 0.15) is 11.3 Å². The molecule has 1 aromatic heterocycles. The third-order valence-electron chi connectivity index (χ3n) is 4.65. The molecule has 7 nitrogen and oxygen atoms in total. The molecule has 2 aromatic carbocycles. The molecule has 0 saturated heterocycles. The number of carbonyl (C=O) groups is 1. The van der Waals surface area contributed by atoms with Crippen LogP contribution < -0.4 is 15.1 Å². The van der Waals surface area contributed by atoms with Crippen LogP contribution in [-0.2, 0) is 9.53 Å². The van der Waals surface area contributed by atoms with E-state index in [1.807, 2.05) is 0 Å². The fourth-order valence-corrected chi connectivity index (χ4v) is 3.41. The van der Waals surface area contributed by atoms with Crippen LogP contribution in [0.25, 0.3) is 11.0 Å². The molecule has 27 heavy (non-hydrogen) atoms. The maximum Gasteiger partial charge on any atom is 0.348 e. The first-order chi connectivity index (χ1) is 13.0. The van der Waals surface area contributed by atoms with Gasteiger partial charge in [0, 0.05) is 0 Å². The largest absolute Gasteiger partial charge is 0.504 e. The molecular weight excluding hydrogens is 352 g/mol. The molecule has 0 fully saturated rings. The minimum atomic E-state index is -1.06. The summed E-state index contributed by atoms with van der Waals surface area (Å²) in [7, 11) is 2.67. The number of ether oxygens (including phenoxy) is 3. The van der Waals surface area contributed by atoms with E-state index in [9.17, 15) is 14.7 Å². The lowest BCUT2D eigenvalue weighted by atomic mass is 9.88. The molecule has 4 rings (SSSR count). The Hall–Kier alpha value is -3.48. The molecule has 0 spiro atoms. The number of aromatic hydroxyl groups is 1. The van der Waals surface area contributed by atoms with Crippen LogP contribution in [0.4, 0.5) is 0 Å². The first kappa shape index (κ1) is 17.0. The maximum absolute atomic E-state index is 12.7. The van der Waals surface area contributed by atoms with Gasteiger partial charge in [-0.05, 0) is 29.8 Å². The molecule has 0 bridgehead atoms. The molecular formula is C20H16O7. The summed E-state index contributed by atoms with van der Waals surface area (Å²) in [6, 6.07) is 11.5. The van der Waals surface area contributed by atoms with E-state index >= 15 is 0 Å². The normalized spacial score (nSPS) is 18.0. The molecule has 0 aliphatic carbocycles. The summed E-state index contributed by atoms with van der Waals surface area (Å²) in [4.78, 5) is 25.1. The zero-order valence-corrected chi connectivity index (χ0v) is 14.6. The zero-order valence-electron chi connectivity index (χ0n) is 14.6. The van der Waals surface area contributed by atoms with E-state index in [0.29, 0.717) is 22.3 Å². The van der Waals surface area contributed by atoms with Gasteiger partial charge in [0.05, 0.1) is 31.1 Å². The molecule has 1 aliphatic heterocycles. The van der Waals surface area contributed by atoms with Gasteiger partial charge in [0.2, 0.25) is 6.10 Å². The Balaban J connectivity index is 1.98. The molecule has 0 unspecified atom stereocenters. The molecule has 0 saturated carbocycles. The number of phenolic OH excluding ortho intramolecular Hbond substituents is 1. The summed E-state index contributed by atoms with van der Waals surface area (Å²) in [6.45, 7) is 0. The van der Waals surface area contributed by atoms with E-state index in [1.54, 1.807) is 36.4 Å². The highest BCUT2D eigenvalue weighted by Crippen LogP contribution is 2.45. The van der Waals surface area contributed by atoms with Crippen molar-refractivity contribution in [2.75, 3.05) is 14.2 Å². The van der Waals surface area contributed by atoms with E-state index in [2.05, 4.69) is 0 Å². The van der Waals surface area contributed by atoms with E-state index in [0.717, 1.165) is 0 Å². The van der Waals surface area contributed by atoms with E-state index in [-0.39, 0.29) is 17.1 Å². The van der Waals surface area contributed by atoms with Crippen molar-refractivity contribution < 1.29 is 28.5 Å². The number of hydrogen-bond acceptors (Lipinski definition) is 7. The van der Waals surface area contributed by atoms with Crippen molar-refractivity contribution in [2.45, 2.75) is 12.0 Å². The standard InChI is InChI=1S/C20H16O7/c1-24-14-9-10(7-8-12(14)21)15-16-17(27-18(15)20(23)25-2)11-5-3-4-6-13(11)26-19(16)22/h3-9,15,18,21H,1-2H3/t15-,18+/m0/s1. The molecule has 7 heteroatoms. The molecule has 138 valence electrons. The van der Waals surface area contributed by atoms with Gasteiger partial charge >= 0.3 is 11.6 Å². The lowest BCUT2D eigenvalue weighted by molar-refractivity contribution is -0.148. The van der Waals surface area contributed by atoms with Crippen LogP contribution in [0.1, 0.15) is 17.0 Å². The lowest BCUT2D eigenvalue weighted by Crippen LogP contribution is -2.31. The SMILES string of the molecule is COC(=O)[C@@H]1Oc2c(c(=O)oc3ccccc23)[C@@H]1c1ccc(O)c(OC)c1. The summed E-state index contributed by atoms with van der Waals surface area (Å²) in [5.74, 6) is -0.917. The summed E-state index contributed by atoms with van der Waals surface area (Å²) in [5, 5.41) is 10.5. The molecule has 2 atom stereocenters. The second-order valence-corrected chi connectivity index (χ2v) is 6.10. The lowest BCUT2D eigenvalue weighted by Gasteiger charge is -2.17. The molecule has 0 amide bonds. The van der Waals surface area contributed by atoms with Crippen LogP contribution in [0, 0.1) is 0 Å². The monoisotopic (exact) mass is 368 g/mol. The predicted molar refractivity (Wildman–Crippen MR) is 95.4 cm³/mol. The second-order valence-electron chi connectivity index (χ2n) is 6.10. The van der Waals surface area contributed by atoms with Gasteiger partial charge in [-0.1, -0.05) is 18.2 Å². The van der Waals surface area contributed by atoms with Gasteiger partial charge in [-0.3, -0.25) is 0 Å². The smallest absolute Gasteiger partial charge is 0.348 e. The Labute approximate surface area is 153 Å². The summed E-state index contributed by atoms with van der Waals surface area (Å²) < 4.78 is 21.3. The zero-order chi connectivity index (χ0) is 19.1. The molecule has 2 heterocycles. The van der Waals surface area contributed by atoms with Crippen LogP contribution in [0.15, 0.2) is 51.7 Å². The second kappa shape index (κ2) is 6.35. The van der Waals surface area contributed by atoms with Gasteiger partial charge in [-0.15, -0.1) is 0 Å². The highest BCUT2D eigenvalue weighted by atomic mass is 16.6. The van der Waals surface area contributed by atoms with E-state index in [1.165, 1.54) is 20.3 Å². The number of para-hydroxylation sites is 1. The quantitative estimate of drug-likeness (QED) is 0.561. The van der Waals surface area contributed by atoms with Crippen molar-refractivity contribution in [3.8, 4) is 17.2 Å². The minimum Gasteiger partial charge on any atom is -0.504 e. The fraction of sp³-hybridized carbons (Fsp3) is 0.200. The minimum absolute atomic E-state index is 0.0550. The highest BCUT2D eigenvalue weighted by Gasteiger charge is 2.45. The molecule has 1 N–H and O–H groups in total. The molecule has 0 radical (unpaired) electrons. The number of fused-ring (bicyclic) bond motifs is 3. The van der Waals surface area contributed by atoms with Crippen molar-refractivity contribution in [1.29, 1.82) is 0 Å². The topological polar surface area (TPSA) is 95.2 Å². The first-order valence-corrected chi connectivity index (χ1v) is 8.22. The van der Waals surface area contributed by atoms with Gasteiger partial charge in [-0.2, -0.15) is 0 Å². The number of rotatable bonds is 3. The van der Waals surface area contributed by atoms with Gasteiger partial charge in [0.15, 0.2) is 11.5 Å². The van der Waals surface area contributed by atoms with Crippen molar-refractivity contribution in [3.05, 3.63) is 64.0 Å². The third-order valence-corrected chi connectivity index (χ3v) is 4.65. The predicted octanol–water partition coefficient (Wildman–Crippen LogP) is 2.57. The Morgan fingerprint density at radius 2 is 1.93 bits per heavy atom. The number of phenols is 1. The van der Waals surface area contributed by atoms with E-state index in [4.69, 9.17) is 18.6 Å². The Morgan fingerprint density at radius 3 is 2.67 bits per heavy atom. The Morgan fingerprint density at radius 1 is 1.15 bits per heavy atom. The number of benzene rings is 2. The summed E-state index contributed by atoms with van der Waals surface area (Å²) >= 11 is 0. The summed E-state index contributed by atoms with van der Waals surface area (Å²) in [5.41, 5.74) is 0.569. The first-order valence-electron chi connectivity index (χ1n) is 8.22. The van der Waals surface area contributed by atoms with Crippen LogP contribution >= 0.6 is 0 Å². The van der Waals surface area contributed by atoms with Crippen molar-refractivity contribution in [3.63, 3.8) is 0 Å². The van der Waals surface area contributed by atoms with Crippen LogP contribution in [-0.4, -0.2) is 31.4 Å². The summed E-state index contributed by atoms with van der Waals surface area (Å²) in [6.07, 6.45) is -1.06. The number of esters is 1. The van der Waals surface area contributed by atoms with Crippen molar-refractivity contribution >= 4 is 16.9 Å². The highest BCUT2D eigenvalue weighted by molar-refractivity contribution is 5.88. The van der Waals surface area contributed by atoms with E-state index < -0.39 is 23.6 Å². The van der Waals surface area contributed by atoms with Crippen molar-refractivity contribution in [1.82, 2.24) is 0 Å². The number of carbonyl (C=O) groups excluding carboxylic acids is 1. The van der Waals surface area contributed by atoms with Gasteiger partial charge in [0.25, 0.3) is 0 Å². The van der Waals surface area contributed by atoms with Crippen LogP contribution in [0.3, 0.4) is 0 Å². The maximum atomic E-state index is 12.7. The van der Waals surface area contributed by atoms with Crippen molar-refractivity contribution in [2.24, 2.45) is 0 Å². The van der Waals surface area contributed by atoms with Gasteiger partial charge in [-0.25, -0.2) is 9.59 Å². The Kier molecular flexibility index (Phi) is 3.99. The van der Waals surface area contributed by atoms with Gasteiger partial charge < -0.3 is 23.7 Å². The molecule has 1 aliphatic rings. The number of hydrogen-bond donors (Lipinski definition) is 1.